The Morgan fingerprint density at radius 1 is 1.56 bits per heavy atom. The van der Waals surface area contributed by atoms with Gasteiger partial charge in [-0.3, -0.25) is 9.78 Å². The number of hydrogen-bond donors (Lipinski definition) is 2. The monoisotopic (exact) mass is 249 g/mol. The van der Waals surface area contributed by atoms with Gasteiger partial charge in [0.2, 0.25) is 0 Å². The molecule has 5 nitrogen and oxygen atoms in total. The quantitative estimate of drug-likeness (QED) is 0.801. The molecule has 2 rings (SSSR count). The van der Waals surface area contributed by atoms with E-state index in [4.69, 9.17) is 4.74 Å². The van der Waals surface area contributed by atoms with Gasteiger partial charge in [0.25, 0.3) is 5.91 Å². The average molecular weight is 249 g/mol. The van der Waals surface area contributed by atoms with Crippen LogP contribution in [0.5, 0.6) is 0 Å². The van der Waals surface area contributed by atoms with Gasteiger partial charge in [0.05, 0.1) is 12.1 Å². The van der Waals surface area contributed by atoms with E-state index in [1.165, 1.54) is 0 Å². The highest BCUT2D eigenvalue weighted by Gasteiger charge is 2.33. The van der Waals surface area contributed by atoms with Crippen LogP contribution >= 0.6 is 0 Å². The fraction of sp³-hybridized carbons (Fsp3) is 0.538. The zero-order chi connectivity index (χ0) is 12.8. The first-order valence-corrected chi connectivity index (χ1v) is 6.18. The van der Waals surface area contributed by atoms with Crippen molar-refractivity contribution in [2.75, 3.05) is 26.8 Å². The molecule has 0 spiro atoms. The molecule has 98 valence electrons. The van der Waals surface area contributed by atoms with E-state index >= 15 is 0 Å². The van der Waals surface area contributed by atoms with Gasteiger partial charge >= 0.3 is 0 Å². The minimum absolute atomic E-state index is 0.0680. The molecule has 1 saturated heterocycles. The Kier molecular flexibility index (Phi) is 4.28. The van der Waals surface area contributed by atoms with E-state index in [0.29, 0.717) is 18.7 Å². The number of aromatic nitrogens is 1. The molecule has 1 atom stereocenters. The summed E-state index contributed by atoms with van der Waals surface area (Å²) in [7, 11) is 1.69. The molecule has 0 saturated carbocycles. The normalized spacial score (nSPS) is 22.9. The largest absolute Gasteiger partial charge is 0.383 e. The molecular weight excluding hydrogens is 230 g/mol. The number of pyridine rings is 1. The van der Waals surface area contributed by atoms with Gasteiger partial charge < -0.3 is 15.4 Å². The van der Waals surface area contributed by atoms with E-state index < -0.39 is 0 Å². The molecule has 1 fully saturated rings. The first kappa shape index (κ1) is 13.0. The van der Waals surface area contributed by atoms with Crippen LogP contribution in [0, 0.1) is 0 Å². The zero-order valence-electron chi connectivity index (χ0n) is 10.6. The number of nitrogens with one attached hydrogen (secondary N) is 2. The maximum Gasteiger partial charge on any atom is 0.251 e. The summed E-state index contributed by atoms with van der Waals surface area (Å²) in [4.78, 5) is 15.8. The van der Waals surface area contributed by atoms with E-state index in [1.807, 2.05) is 0 Å². The molecule has 2 N–H and O–H groups in total. The maximum absolute atomic E-state index is 11.9. The van der Waals surface area contributed by atoms with Crippen molar-refractivity contribution in [2.45, 2.75) is 18.4 Å². The molecule has 1 unspecified atom stereocenters. The third-order valence-electron chi connectivity index (χ3n) is 3.28. The van der Waals surface area contributed by atoms with Gasteiger partial charge in [-0.05, 0) is 31.5 Å². The Hall–Kier alpha value is -1.46. The fourth-order valence-electron chi connectivity index (χ4n) is 2.32. The van der Waals surface area contributed by atoms with Crippen molar-refractivity contribution in [3.63, 3.8) is 0 Å². The summed E-state index contributed by atoms with van der Waals surface area (Å²) < 4.78 is 5.24. The van der Waals surface area contributed by atoms with Crippen molar-refractivity contribution < 1.29 is 9.53 Å². The molecule has 1 aliphatic heterocycles. The van der Waals surface area contributed by atoms with Gasteiger partial charge in [0, 0.05) is 31.6 Å². The molecule has 0 aliphatic carbocycles. The number of hydrogen-bond acceptors (Lipinski definition) is 4. The molecule has 1 aromatic heterocycles. The lowest BCUT2D eigenvalue weighted by atomic mass is 9.98. The van der Waals surface area contributed by atoms with Crippen LogP contribution in [0.4, 0.5) is 0 Å². The van der Waals surface area contributed by atoms with Crippen molar-refractivity contribution >= 4 is 5.91 Å². The van der Waals surface area contributed by atoms with Crippen LogP contribution in [0.2, 0.25) is 0 Å². The van der Waals surface area contributed by atoms with E-state index in [9.17, 15) is 4.79 Å². The topological polar surface area (TPSA) is 63.2 Å². The third kappa shape index (κ3) is 3.05. The summed E-state index contributed by atoms with van der Waals surface area (Å²) in [6.07, 6.45) is 5.38. The lowest BCUT2D eigenvalue weighted by Gasteiger charge is -2.28. The molecule has 1 amide bonds. The molecule has 0 aromatic carbocycles. The summed E-state index contributed by atoms with van der Waals surface area (Å²) in [5, 5.41) is 6.38. The Balaban J connectivity index is 1.92. The minimum Gasteiger partial charge on any atom is -0.383 e. The maximum atomic E-state index is 11.9. The second kappa shape index (κ2) is 5.93. The smallest absolute Gasteiger partial charge is 0.251 e. The molecule has 0 radical (unpaired) electrons. The highest BCUT2D eigenvalue weighted by molar-refractivity contribution is 5.94. The van der Waals surface area contributed by atoms with Crippen molar-refractivity contribution in [3.8, 4) is 0 Å². The van der Waals surface area contributed by atoms with Gasteiger partial charge in [-0.2, -0.15) is 0 Å². The van der Waals surface area contributed by atoms with E-state index in [0.717, 1.165) is 19.4 Å². The number of rotatable bonds is 5. The molecular formula is C13H19N3O2. The Bertz CT molecular complexity index is 388. The zero-order valence-corrected chi connectivity index (χ0v) is 10.6. The third-order valence-corrected chi connectivity index (χ3v) is 3.28. The second-order valence-corrected chi connectivity index (χ2v) is 4.66. The molecule has 5 heteroatoms. The van der Waals surface area contributed by atoms with Crippen LogP contribution in [-0.2, 0) is 4.74 Å². The first-order valence-electron chi connectivity index (χ1n) is 6.18. The number of methoxy groups -OCH3 is 1. The van der Waals surface area contributed by atoms with Gasteiger partial charge in [-0.25, -0.2) is 0 Å². The number of nitrogens with zero attached hydrogens (tertiary/aromatic N) is 1. The van der Waals surface area contributed by atoms with Gasteiger partial charge in [-0.1, -0.05) is 0 Å². The lowest BCUT2D eigenvalue weighted by Crippen LogP contribution is -2.52. The minimum atomic E-state index is -0.114. The average Bonchev–Trinajstić information content (AvgIpc) is 2.87. The summed E-state index contributed by atoms with van der Waals surface area (Å²) in [6.45, 7) is 2.18. The van der Waals surface area contributed by atoms with Crippen LogP contribution in [0.25, 0.3) is 0 Å². The van der Waals surface area contributed by atoms with Crippen LogP contribution < -0.4 is 10.6 Å². The fourth-order valence-corrected chi connectivity index (χ4v) is 2.32. The highest BCUT2D eigenvalue weighted by Crippen LogP contribution is 2.18. The second-order valence-electron chi connectivity index (χ2n) is 4.66. The van der Waals surface area contributed by atoms with Crippen molar-refractivity contribution in [1.82, 2.24) is 15.6 Å². The van der Waals surface area contributed by atoms with Crippen molar-refractivity contribution in [1.29, 1.82) is 0 Å². The summed E-state index contributed by atoms with van der Waals surface area (Å²) in [6, 6.07) is 3.42. The Morgan fingerprint density at radius 2 is 2.33 bits per heavy atom. The van der Waals surface area contributed by atoms with E-state index in [-0.39, 0.29) is 11.4 Å². The van der Waals surface area contributed by atoms with Crippen molar-refractivity contribution in [3.05, 3.63) is 30.1 Å². The predicted octanol–water partition coefficient (Wildman–Crippen LogP) is 0.580. The number of amides is 1. The summed E-state index contributed by atoms with van der Waals surface area (Å²) in [5.74, 6) is -0.0680. The van der Waals surface area contributed by atoms with Crippen LogP contribution in [0.3, 0.4) is 0 Å². The lowest BCUT2D eigenvalue weighted by molar-refractivity contribution is 0.0892. The molecule has 1 aliphatic rings. The Labute approximate surface area is 107 Å². The number of carbonyl (C=O) groups is 1. The standard InChI is InChI=1S/C13H19N3O2/c1-18-10-13(5-2-6-16-13)9-15-12(17)11-3-7-14-8-4-11/h3-4,7-8,16H,2,5-6,9-10H2,1H3,(H,15,17). The highest BCUT2D eigenvalue weighted by atomic mass is 16.5. The predicted molar refractivity (Wildman–Crippen MR) is 68.4 cm³/mol. The van der Waals surface area contributed by atoms with Crippen LogP contribution in [-0.4, -0.2) is 43.2 Å². The van der Waals surface area contributed by atoms with E-state index in [1.54, 1.807) is 31.6 Å². The number of carbonyl (C=O) groups excluding carboxylic acids is 1. The first-order chi connectivity index (χ1) is 8.76. The SMILES string of the molecule is COCC1(CNC(=O)c2ccncc2)CCCN1. The Morgan fingerprint density at radius 3 is 2.94 bits per heavy atom. The van der Waals surface area contributed by atoms with E-state index in [2.05, 4.69) is 15.6 Å². The van der Waals surface area contributed by atoms with Crippen molar-refractivity contribution in [2.24, 2.45) is 0 Å². The molecule has 18 heavy (non-hydrogen) atoms. The van der Waals surface area contributed by atoms with Gasteiger partial charge in [-0.15, -0.1) is 0 Å². The van der Waals surface area contributed by atoms with Crippen LogP contribution in [0.15, 0.2) is 24.5 Å². The number of ether oxygens (including phenoxy) is 1. The van der Waals surface area contributed by atoms with Crippen LogP contribution in [0.1, 0.15) is 23.2 Å². The molecule has 1 aromatic rings. The summed E-state index contributed by atoms with van der Waals surface area (Å²) in [5.41, 5.74) is 0.521. The van der Waals surface area contributed by atoms with Gasteiger partial charge in [0.1, 0.15) is 0 Å². The molecule has 2 heterocycles. The summed E-state index contributed by atoms with van der Waals surface area (Å²) >= 11 is 0. The van der Waals surface area contributed by atoms with Gasteiger partial charge in [0.15, 0.2) is 0 Å². The molecule has 0 bridgehead atoms.